The van der Waals surface area contributed by atoms with E-state index in [4.69, 9.17) is 55.3 Å². The first-order valence-electron chi connectivity index (χ1n) is 18.9. The summed E-state index contributed by atoms with van der Waals surface area (Å²) in [5, 5.41) is 22.6. The minimum atomic E-state index is -1.83. The van der Waals surface area contributed by atoms with Crippen molar-refractivity contribution >= 4 is 121 Å². The van der Waals surface area contributed by atoms with Crippen molar-refractivity contribution in [2.45, 2.75) is 145 Å². The van der Waals surface area contributed by atoms with Gasteiger partial charge in [-0.15, -0.1) is 0 Å². The van der Waals surface area contributed by atoms with E-state index in [-0.39, 0.29) is 22.3 Å². The van der Waals surface area contributed by atoms with Crippen LogP contribution in [0, 0.1) is 29.6 Å². The van der Waals surface area contributed by atoms with Crippen molar-refractivity contribution in [1.82, 2.24) is 9.13 Å². The molecule has 0 amide bonds. The SMILES string of the molecule is CC[C@H](Cn1c(C#N)cc2cc(C)ccc21)O[Si](C)(C)C(C)(C)C.CC[C@H](Cn1c(C#N)cc2cc(CBr)ccc21)O[Si](C)(C)C(C)(C)C.ClC(Cl)(Cl)Cl.[B]=NS. The molecule has 0 aliphatic carbocycles. The maximum absolute atomic E-state index is 9.58. The van der Waals surface area contributed by atoms with Crippen LogP contribution in [0.4, 0.5) is 0 Å². The van der Waals surface area contributed by atoms with E-state index in [1.165, 1.54) is 11.1 Å². The standard InChI is InChI=1S/C20H29BrN2OSi.C20H30N2OSi.CCl4.BHNS/c1-7-18(24-25(5,6)20(2,3)4)14-23-17(13-22)11-16-10-15(12-21)8-9-19(16)23;1-8-18(23-24(6,7)20(3,4)5)14-22-17(13-21)12-16-11-15(2)9-10-19(16)22;2-1(3,4)5;1-2-3/h8-11,18H,7,12,14H2,1-6H3;9-12,18H,8,14H2,1-7H3;;3H/t2*18-;;/m11../s1. The number of benzene rings is 2. The van der Waals surface area contributed by atoms with Gasteiger partial charge in [-0.2, -0.15) is 10.5 Å². The van der Waals surface area contributed by atoms with Crippen LogP contribution >= 0.6 is 75.1 Å². The molecule has 57 heavy (non-hydrogen) atoms. The Labute approximate surface area is 379 Å². The molecule has 4 aromatic rings. The summed E-state index contributed by atoms with van der Waals surface area (Å²) in [5.41, 5.74) is 6.09. The number of alkyl halides is 5. The molecular weight excluding hydrogens is 915 g/mol. The average Bonchev–Trinajstić information content (AvgIpc) is 3.62. The van der Waals surface area contributed by atoms with Gasteiger partial charge in [0.2, 0.25) is 0 Å². The zero-order valence-electron chi connectivity index (χ0n) is 35.8. The van der Waals surface area contributed by atoms with Gasteiger partial charge in [0, 0.05) is 40.2 Å². The molecule has 0 aliphatic rings. The molecule has 2 atom stereocenters. The molecule has 2 heterocycles. The summed E-state index contributed by atoms with van der Waals surface area (Å²) in [5.74, 6) is 0. The molecule has 0 bridgehead atoms. The number of rotatable bonds is 11. The van der Waals surface area contributed by atoms with E-state index < -0.39 is 19.9 Å². The Morgan fingerprint density at radius 1 is 0.754 bits per heavy atom. The summed E-state index contributed by atoms with van der Waals surface area (Å²) in [6.45, 7) is 30.6. The quantitative estimate of drug-likeness (QED) is 0.0921. The Morgan fingerprint density at radius 3 is 1.42 bits per heavy atom. The van der Waals surface area contributed by atoms with Crippen LogP contribution < -0.4 is 0 Å². The fourth-order valence-corrected chi connectivity index (χ4v) is 8.67. The second kappa shape index (κ2) is 23.1. The number of nitriles is 2. The van der Waals surface area contributed by atoms with Crippen LogP contribution in [-0.2, 0) is 27.3 Å². The van der Waals surface area contributed by atoms with Crippen molar-refractivity contribution in [3.63, 3.8) is 0 Å². The molecule has 0 spiro atoms. The van der Waals surface area contributed by atoms with Crippen molar-refractivity contribution in [3.05, 3.63) is 71.0 Å². The van der Waals surface area contributed by atoms with Crippen LogP contribution in [0.2, 0.25) is 36.3 Å². The summed E-state index contributed by atoms with van der Waals surface area (Å²) < 4.78 is 18.5. The molecule has 0 saturated heterocycles. The zero-order valence-corrected chi connectivity index (χ0v) is 43.3. The van der Waals surface area contributed by atoms with Crippen molar-refractivity contribution in [2.24, 2.45) is 4.30 Å². The number of aryl methyl sites for hydroxylation is 1. The van der Waals surface area contributed by atoms with Crippen molar-refractivity contribution < 1.29 is 8.85 Å². The van der Waals surface area contributed by atoms with Crippen LogP contribution in [-0.4, -0.2) is 48.9 Å². The van der Waals surface area contributed by atoms with Gasteiger partial charge in [0.25, 0.3) is 3.25 Å². The Kier molecular flexibility index (Phi) is 21.7. The van der Waals surface area contributed by atoms with Crippen LogP contribution in [0.3, 0.4) is 0 Å². The number of aromatic nitrogens is 2. The second-order valence-corrected chi connectivity index (χ2v) is 30.7. The topological polar surface area (TPSA) is 88.3 Å². The van der Waals surface area contributed by atoms with E-state index in [1.807, 2.05) is 12.1 Å². The maximum atomic E-state index is 9.58. The van der Waals surface area contributed by atoms with Gasteiger partial charge in [0.15, 0.2) is 16.6 Å². The zero-order chi connectivity index (χ0) is 44.2. The molecule has 0 N–H and O–H groups in total. The summed E-state index contributed by atoms with van der Waals surface area (Å²) >= 11 is 26.0. The molecule has 1 radical (unpaired) electrons. The number of halogens is 5. The molecule has 0 fully saturated rings. The minimum absolute atomic E-state index is 0.124. The second-order valence-electron chi connectivity index (χ2n) is 17.0. The van der Waals surface area contributed by atoms with E-state index in [2.05, 4.69) is 187 Å². The molecule has 2 aromatic heterocycles. The number of hydrogen-bond donors (Lipinski definition) is 1. The van der Waals surface area contributed by atoms with Gasteiger partial charge in [-0.05, 0) is 98.0 Å². The van der Waals surface area contributed by atoms with Gasteiger partial charge in [-0.25, -0.2) is 0 Å². The molecule has 0 saturated carbocycles. The number of hydrogen-bond acceptors (Lipinski definition) is 6. The van der Waals surface area contributed by atoms with Crippen molar-refractivity contribution in [2.75, 3.05) is 0 Å². The Balaban J connectivity index is 0.000000480. The fourth-order valence-electron chi connectivity index (χ4n) is 5.47. The number of fused-ring (bicyclic) bond motifs is 2. The van der Waals surface area contributed by atoms with Gasteiger partial charge in [0.05, 0.1) is 12.2 Å². The van der Waals surface area contributed by atoms with Crippen molar-refractivity contribution in [3.8, 4) is 12.1 Å². The first-order chi connectivity index (χ1) is 26.1. The molecule has 313 valence electrons. The van der Waals surface area contributed by atoms with Gasteiger partial charge < -0.3 is 18.0 Å². The normalized spacial score (nSPS) is 13.2. The Morgan fingerprint density at radius 2 is 1.11 bits per heavy atom. The van der Waals surface area contributed by atoms with E-state index >= 15 is 0 Å². The monoisotopic (exact) mass is 972 g/mol. The molecule has 7 nitrogen and oxygen atoms in total. The Bertz CT molecular complexity index is 1990. The Hall–Kier alpha value is -1.29. The van der Waals surface area contributed by atoms with Crippen LogP contribution in [0.25, 0.3) is 21.8 Å². The van der Waals surface area contributed by atoms with Crippen molar-refractivity contribution in [1.29, 1.82) is 10.5 Å². The summed E-state index contributed by atoms with van der Waals surface area (Å²) in [7, 11) is 0.679. The van der Waals surface area contributed by atoms with Crippen LogP contribution in [0.15, 0.2) is 52.8 Å². The number of thiol groups is 1. The van der Waals surface area contributed by atoms with Gasteiger partial charge in [-0.3, -0.25) is 0 Å². The van der Waals surface area contributed by atoms with Crippen LogP contribution in [0.5, 0.6) is 0 Å². The summed E-state index contributed by atoms with van der Waals surface area (Å²) in [4.78, 5) is 0. The fraction of sp³-hybridized carbons (Fsp3) is 0.561. The first kappa shape index (κ1) is 53.7. The van der Waals surface area contributed by atoms with E-state index in [0.29, 0.717) is 11.4 Å². The molecule has 4 rings (SSSR count). The molecule has 2 aromatic carbocycles. The van der Waals surface area contributed by atoms with E-state index in [0.717, 1.165) is 53.1 Å². The average molecular weight is 976 g/mol. The third kappa shape index (κ3) is 16.9. The first-order valence-corrected chi connectivity index (χ1v) is 27.7. The van der Waals surface area contributed by atoms with Gasteiger partial charge >= 0.3 is 24.8 Å². The predicted molar refractivity (Wildman–Crippen MR) is 259 cm³/mol. The predicted octanol–water partition coefficient (Wildman–Crippen LogP) is 14.6. The van der Waals surface area contributed by atoms with Crippen LogP contribution in [0.1, 0.15) is 90.7 Å². The van der Waals surface area contributed by atoms with Gasteiger partial charge in [0.1, 0.15) is 23.5 Å². The summed E-state index contributed by atoms with van der Waals surface area (Å²) in [6, 6.07) is 21.4. The van der Waals surface area contributed by atoms with E-state index in [9.17, 15) is 10.5 Å². The molecular formula is C41H60BBrCl4N5O2SSi2. The third-order valence-corrected chi connectivity index (χ3v) is 20.3. The van der Waals surface area contributed by atoms with E-state index in [1.54, 1.807) is 0 Å². The van der Waals surface area contributed by atoms with Gasteiger partial charge in [-0.1, -0.05) is 135 Å². The third-order valence-electron chi connectivity index (χ3n) is 10.6. The summed E-state index contributed by atoms with van der Waals surface area (Å²) in [6.07, 6.45) is 2.15. The molecule has 16 heteroatoms. The molecule has 0 unspecified atom stereocenters. The molecule has 0 aliphatic heterocycles. The number of nitrogens with zero attached hydrogens (tertiary/aromatic N) is 5.